The third kappa shape index (κ3) is 2.75. The molecule has 0 N–H and O–H groups in total. The van der Waals surface area contributed by atoms with Gasteiger partial charge in [0.2, 0.25) is 0 Å². The molecule has 17 heavy (non-hydrogen) atoms. The number of hydrogen-bond acceptors (Lipinski definition) is 4. The second-order valence-corrected chi connectivity index (χ2v) is 4.70. The average molecular weight is 230 g/mol. The highest BCUT2D eigenvalue weighted by molar-refractivity contribution is 5.45. The van der Waals surface area contributed by atoms with Crippen LogP contribution < -0.4 is 4.90 Å². The lowest BCUT2D eigenvalue weighted by Crippen LogP contribution is -2.42. The van der Waals surface area contributed by atoms with Crippen molar-refractivity contribution in [3.63, 3.8) is 0 Å². The summed E-state index contributed by atoms with van der Waals surface area (Å²) >= 11 is 0. The quantitative estimate of drug-likeness (QED) is 0.772. The molecule has 1 aliphatic rings. The van der Waals surface area contributed by atoms with E-state index in [-0.39, 0.29) is 0 Å². The van der Waals surface area contributed by atoms with Crippen molar-refractivity contribution in [1.29, 1.82) is 5.26 Å². The van der Waals surface area contributed by atoms with Crippen LogP contribution in [0.15, 0.2) is 18.3 Å². The lowest BCUT2D eigenvalue weighted by Gasteiger charge is -2.35. The number of nitrogens with zero attached hydrogens (tertiary/aromatic N) is 4. The van der Waals surface area contributed by atoms with Gasteiger partial charge in [-0.15, -0.1) is 0 Å². The zero-order chi connectivity index (χ0) is 12.3. The Morgan fingerprint density at radius 3 is 2.71 bits per heavy atom. The Kier molecular flexibility index (Phi) is 3.60. The van der Waals surface area contributed by atoms with Gasteiger partial charge in [-0.05, 0) is 39.1 Å². The Bertz CT molecular complexity index is 414. The van der Waals surface area contributed by atoms with Gasteiger partial charge in [-0.25, -0.2) is 4.98 Å². The van der Waals surface area contributed by atoms with E-state index in [0.717, 1.165) is 31.7 Å². The van der Waals surface area contributed by atoms with Crippen molar-refractivity contribution < 1.29 is 0 Å². The molecule has 0 aliphatic carbocycles. The summed E-state index contributed by atoms with van der Waals surface area (Å²) in [7, 11) is 4.27. The Hall–Kier alpha value is -1.60. The SMILES string of the molecule is CN(C)C1CCN(c2cc(C#N)ccn2)CC1. The number of piperidine rings is 1. The number of aromatic nitrogens is 1. The van der Waals surface area contributed by atoms with Gasteiger partial charge >= 0.3 is 0 Å². The zero-order valence-corrected chi connectivity index (χ0v) is 10.4. The van der Waals surface area contributed by atoms with Crippen molar-refractivity contribution in [2.45, 2.75) is 18.9 Å². The van der Waals surface area contributed by atoms with E-state index in [1.807, 2.05) is 6.07 Å². The average Bonchev–Trinajstić information content (AvgIpc) is 2.39. The molecule has 4 heteroatoms. The normalized spacial score (nSPS) is 17.2. The first-order chi connectivity index (χ1) is 8.20. The van der Waals surface area contributed by atoms with E-state index in [9.17, 15) is 0 Å². The summed E-state index contributed by atoms with van der Waals surface area (Å²) in [4.78, 5) is 8.90. The molecule has 2 heterocycles. The number of anilines is 1. The first-order valence-electron chi connectivity index (χ1n) is 5.98. The minimum atomic E-state index is 0.672. The van der Waals surface area contributed by atoms with Crippen LogP contribution in [0.2, 0.25) is 0 Å². The molecular weight excluding hydrogens is 212 g/mol. The molecule has 0 amide bonds. The molecule has 2 rings (SSSR count). The van der Waals surface area contributed by atoms with Gasteiger partial charge in [-0.3, -0.25) is 0 Å². The van der Waals surface area contributed by atoms with Crippen molar-refractivity contribution in [1.82, 2.24) is 9.88 Å². The summed E-state index contributed by atoms with van der Waals surface area (Å²) in [6, 6.07) is 6.45. The lowest BCUT2D eigenvalue weighted by molar-refractivity contribution is 0.249. The Morgan fingerprint density at radius 1 is 1.41 bits per heavy atom. The van der Waals surface area contributed by atoms with Crippen LogP contribution in [0.25, 0.3) is 0 Å². The van der Waals surface area contributed by atoms with E-state index in [1.165, 1.54) is 0 Å². The van der Waals surface area contributed by atoms with Gasteiger partial charge in [-0.1, -0.05) is 0 Å². The van der Waals surface area contributed by atoms with Crippen LogP contribution in [0, 0.1) is 11.3 Å². The zero-order valence-electron chi connectivity index (χ0n) is 10.4. The van der Waals surface area contributed by atoms with E-state index >= 15 is 0 Å². The van der Waals surface area contributed by atoms with Crippen molar-refractivity contribution in [3.05, 3.63) is 23.9 Å². The molecule has 1 aromatic rings. The number of rotatable bonds is 2. The Balaban J connectivity index is 2.03. The van der Waals surface area contributed by atoms with Crippen LogP contribution in [0.1, 0.15) is 18.4 Å². The number of nitriles is 1. The molecule has 0 spiro atoms. The number of pyridine rings is 1. The fourth-order valence-electron chi connectivity index (χ4n) is 2.27. The van der Waals surface area contributed by atoms with E-state index in [4.69, 9.17) is 5.26 Å². The van der Waals surface area contributed by atoms with Crippen LogP contribution in [-0.2, 0) is 0 Å². The summed E-state index contributed by atoms with van der Waals surface area (Å²) in [6.45, 7) is 2.04. The highest BCUT2D eigenvalue weighted by atomic mass is 15.2. The maximum atomic E-state index is 8.87. The van der Waals surface area contributed by atoms with Crippen molar-refractivity contribution in [3.8, 4) is 6.07 Å². The van der Waals surface area contributed by atoms with Crippen LogP contribution in [-0.4, -0.2) is 43.1 Å². The summed E-state index contributed by atoms with van der Waals surface area (Å²) in [6.07, 6.45) is 4.03. The molecule has 0 atom stereocenters. The smallest absolute Gasteiger partial charge is 0.129 e. The largest absolute Gasteiger partial charge is 0.356 e. The second-order valence-electron chi connectivity index (χ2n) is 4.70. The predicted octanol–water partition coefficient (Wildman–Crippen LogP) is 1.48. The van der Waals surface area contributed by atoms with Crippen molar-refractivity contribution in [2.24, 2.45) is 0 Å². The minimum absolute atomic E-state index is 0.672. The van der Waals surface area contributed by atoms with Crippen LogP contribution >= 0.6 is 0 Å². The molecule has 1 aromatic heterocycles. The Morgan fingerprint density at radius 2 is 2.12 bits per heavy atom. The van der Waals surface area contributed by atoms with E-state index < -0.39 is 0 Å². The van der Waals surface area contributed by atoms with Gasteiger partial charge in [0.05, 0.1) is 11.6 Å². The fourth-order valence-corrected chi connectivity index (χ4v) is 2.27. The molecule has 0 unspecified atom stereocenters. The number of hydrogen-bond donors (Lipinski definition) is 0. The predicted molar refractivity (Wildman–Crippen MR) is 67.9 cm³/mol. The second kappa shape index (κ2) is 5.15. The van der Waals surface area contributed by atoms with E-state index in [0.29, 0.717) is 11.6 Å². The molecule has 1 saturated heterocycles. The third-order valence-corrected chi connectivity index (χ3v) is 3.39. The van der Waals surface area contributed by atoms with Gasteiger partial charge < -0.3 is 9.80 Å². The van der Waals surface area contributed by atoms with Crippen LogP contribution in [0.4, 0.5) is 5.82 Å². The Labute approximate surface area is 102 Å². The molecule has 0 radical (unpaired) electrons. The van der Waals surface area contributed by atoms with Crippen molar-refractivity contribution >= 4 is 5.82 Å². The summed E-state index contributed by atoms with van der Waals surface area (Å²) < 4.78 is 0. The molecule has 90 valence electrons. The van der Waals surface area contributed by atoms with Crippen LogP contribution in [0.3, 0.4) is 0 Å². The molecule has 0 saturated carbocycles. The minimum Gasteiger partial charge on any atom is -0.356 e. The molecule has 0 bridgehead atoms. The molecule has 1 fully saturated rings. The van der Waals surface area contributed by atoms with Gasteiger partial charge in [0.1, 0.15) is 5.82 Å². The monoisotopic (exact) mass is 230 g/mol. The lowest BCUT2D eigenvalue weighted by atomic mass is 10.0. The third-order valence-electron chi connectivity index (χ3n) is 3.39. The molecule has 0 aromatic carbocycles. The molecule has 4 nitrogen and oxygen atoms in total. The molecule has 1 aliphatic heterocycles. The van der Waals surface area contributed by atoms with E-state index in [2.05, 4.69) is 34.9 Å². The summed E-state index contributed by atoms with van der Waals surface area (Å²) in [5.41, 5.74) is 0.685. The highest BCUT2D eigenvalue weighted by Crippen LogP contribution is 2.20. The summed E-state index contributed by atoms with van der Waals surface area (Å²) in [5.74, 6) is 0.932. The highest BCUT2D eigenvalue weighted by Gasteiger charge is 2.21. The topological polar surface area (TPSA) is 43.2 Å². The molecular formula is C13H18N4. The first-order valence-corrected chi connectivity index (χ1v) is 5.98. The maximum absolute atomic E-state index is 8.87. The van der Waals surface area contributed by atoms with Crippen molar-refractivity contribution in [2.75, 3.05) is 32.1 Å². The van der Waals surface area contributed by atoms with Crippen LogP contribution in [0.5, 0.6) is 0 Å². The van der Waals surface area contributed by atoms with Gasteiger partial charge in [0.15, 0.2) is 0 Å². The van der Waals surface area contributed by atoms with Gasteiger partial charge in [0.25, 0.3) is 0 Å². The maximum Gasteiger partial charge on any atom is 0.129 e. The van der Waals surface area contributed by atoms with Gasteiger partial charge in [0, 0.05) is 25.3 Å². The fraction of sp³-hybridized carbons (Fsp3) is 0.538. The van der Waals surface area contributed by atoms with E-state index in [1.54, 1.807) is 12.3 Å². The summed E-state index contributed by atoms with van der Waals surface area (Å²) in [5, 5.41) is 8.87. The standard InChI is InChI=1S/C13H18N4/c1-16(2)12-4-7-17(8-5-12)13-9-11(10-14)3-6-15-13/h3,6,9,12H,4-5,7-8H2,1-2H3. The first kappa shape index (κ1) is 11.9. The van der Waals surface area contributed by atoms with Gasteiger partial charge in [-0.2, -0.15) is 5.26 Å².